The van der Waals surface area contributed by atoms with Crippen molar-refractivity contribution in [3.63, 3.8) is 0 Å². The normalized spacial score (nSPS) is 11.7. The van der Waals surface area contributed by atoms with Crippen LogP contribution in [0.15, 0.2) is 97.3 Å². The van der Waals surface area contributed by atoms with E-state index in [2.05, 4.69) is 45.3 Å². The predicted octanol–water partition coefficient (Wildman–Crippen LogP) is 8.54. The van der Waals surface area contributed by atoms with Crippen molar-refractivity contribution < 1.29 is 54.8 Å². The summed E-state index contributed by atoms with van der Waals surface area (Å²) in [7, 11) is 0. The van der Waals surface area contributed by atoms with Gasteiger partial charge in [-0.25, -0.2) is 19.6 Å². The number of aliphatic hydroxyl groups is 3. The molecule has 416 valence electrons. The summed E-state index contributed by atoms with van der Waals surface area (Å²) in [6.07, 6.45) is 9.82. The molecule has 6 aromatic rings. The highest BCUT2D eigenvalue weighted by atomic mass is 35.5. The molecule has 25 heteroatoms. The highest BCUT2D eigenvalue weighted by molar-refractivity contribution is 6.36. The minimum absolute atomic E-state index is 0.0763. The van der Waals surface area contributed by atoms with E-state index < -0.39 is 42.5 Å². The molecule has 2 amide bonds. The van der Waals surface area contributed by atoms with Gasteiger partial charge in [0, 0.05) is 50.9 Å². The van der Waals surface area contributed by atoms with Gasteiger partial charge in [0.05, 0.1) is 32.1 Å². The standard InChI is InChI=1S/C26H31Cl2N5O5.C19H17Cl2N5O5.C7H16O/c1-2-3-4-5-6-13-38-26(36)24(34)17-32(30-25(35)23-16-33(37)31-29-23)15-18-7-9-19(10-8-18)21-14-20(27)11-12-22(21)28;20-13-5-6-15(21)14(7-13)12-3-1-11(2-4-12)8-25(10-17(27)19(29)30)23-18(28)16-9-26(31)24-22-16;1-2-3-4-5-6-7-8/h7-12,14,16,24,34,37H,2-6,13,15,17H2,1H3,(H,30,35);1-7,9,17,27,31H,8,10H2,(H,23,28)(H,29,30);8H,2-7H2,1H3/t24-;17-;/m11./s1. The van der Waals surface area contributed by atoms with Crippen LogP contribution in [0.4, 0.5) is 0 Å². The van der Waals surface area contributed by atoms with Gasteiger partial charge in [-0.05, 0) is 81.9 Å². The molecule has 8 N–H and O–H groups in total. The lowest BCUT2D eigenvalue weighted by Crippen LogP contribution is -2.47. The van der Waals surface area contributed by atoms with Crippen LogP contribution in [-0.2, 0) is 27.4 Å². The molecule has 2 heterocycles. The van der Waals surface area contributed by atoms with Crippen LogP contribution in [0.25, 0.3) is 22.3 Å². The molecule has 0 aliphatic rings. The maximum atomic E-state index is 12.6. The number of carbonyl (C=O) groups excluding carboxylic acids is 3. The number of carboxylic acid groups (broad SMARTS) is 1. The van der Waals surface area contributed by atoms with E-state index in [-0.39, 0.29) is 37.6 Å². The van der Waals surface area contributed by atoms with Crippen molar-refractivity contribution in [2.24, 2.45) is 0 Å². The van der Waals surface area contributed by atoms with E-state index in [9.17, 15) is 34.6 Å². The zero-order valence-electron chi connectivity index (χ0n) is 42.5. The Morgan fingerprint density at radius 1 is 0.597 bits per heavy atom. The van der Waals surface area contributed by atoms with Gasteiger partial charge >= 0.3 is 11.9 Å². The summed E-state index contributed by atoms with van der Waals surface area (Å²) in [5.41, 5.74) is 9.38. The van der Waals surface area contributed by atoms with E-state index in [0.717, 1.165) is 78.7 Å². The molecule has 0 saturated heterocycles. The van der Waals surface area contributed by atoms with Crippen LogP contribution in [-0.4, -0.2) is 133 Å². The number of esters is 1. The molecule has 0 aliphatic carbocycles. The summed E-state index contributed by atoms with van der Waals surface area (Å²) in [4.78, 5) is 49.1. The van der Waals surface area contributed by atoms with Crippen molar-refractivity contribution in [3.8, 4) is 22.3 Å². The van der Waals surface area contributed by atoms with E-state index in [1.54, 1.807) is 60.7 Å². The predicted molar refractivity (Wildman–Crippen MR) is 289 cm³/mol. The van der Waals surface area contributed by atoms with Gasteiger partial charge in [0.2, 0.25) is 0 Å². The van der Waals surface area contributed by atoms with Crippen LogP contribution < -0.4 is 10.9 Å². The fraction of sp³-hybridized carbons (Fsp3) is 0.385. The molecule has 0 bridgehead atoms. The number of halogens is 4. The van der Waals surface area contributed by atoms with Gasteiger partial charge in [0.15, 0.2) is 23.6 Å². The number of aromatic nitrogens is 6. The summed E-state index contributed by atoms with van der Waals surface area (Å²) in [5, 5.41) is 74.4. The third-order valence-corrected chi connectivity index (χ3v) is 12.3. The minimum atomic E-state index is -1.74. The Bertz CT molecular complexity index is 2760. The highest BCUT2D eigenvalue weighted by Crippen LogP contribution is 2.32. The van der Waals surface area contributed by atoms with Crippen LogP contribution in [0.3, 0.4) is 0 Å². The molecule has 6 rings (SSSR count). The number of unbranched alkanes of at least 4 members (excludes halogenated alkanes) is 8. The molecule has 0 fully saturated rings. The second-order valence-corrected chi connectivity index (χ2v) is 19.1. The van der Waals surface area contributed by atoms with Gasteiger partial charge in [0.25, 0.3) is 11.8 Å². The monoisotopic (exact) mass is 1140 g/mol. The number of ether oxygens (including phenoxy) is 1. The number of rotatable bonds is 27. The second kappa shape index (κ2) is 33.7. The van der Waals surface area contributed by atoms with Crippen molar-refractivity contribution in [3.05, 3.63) is 140 Å². The number of nitrogens with one attached hydrogen (secondary N) is 2. The zero-order chi connectivity index (χ0) is 56.3. The number of aliphatic hydroxyl groups excluding tert-OH is 3. The number of nitrogens with zero attached hydrogens (tertiary/aromatic N) is 8. The second-order valence-electron chi connectivity index (χ2n) is 17.4. The maximum Gasteiger partial charge on any atom is 0.336 e. The lowest BCUT2D eigenvalue weighted by Gasteiger charge is -2.25. The first-order chi connectivity index (χ1) is 36.9. The van der Waals surface area contributed by atoms with Gasteiger partial charge in [-0.15, -0.1) is 10.2 Å². The van der Waals surface area contributed by atoms with Gasteiger partial charge in [-0.2, -0.15) is 0 Å². The summed E-state index contributed by atoms with van der Waals surface area (Å²) >= 11 is 24.7. The Hall–Kier alpha value is -6.40. The van der Waals surface area contributed by atoms with Gasteiger partial charge < -0.3 is 35.6 Å². The zero-order valence-corrected chi connectivity index (χ0v) is 45.5. The van der Waals surface area contributed by atoms with Crippen molar-refractivity contribution >= 4 is 70.2 Å². The van der Waals surface area contributed by atoms with Crippen LogP contribution in [0, 0.1) is 0 Å². The highest BCUT2D eigenvalue weighted by Gasteiger charge is 2.25. The third kappa shape index (κ3) is 22.6. The molecule has 2 aromatic heterocycles. The number of benzene rings is 4. The first-order valence-electron chi connectivity index (χ1n) is 24.7. The maximum absolute atomic E-state index is 12.6. The fourth-order valence-corrected chi connectivity index (χ4v) is 7.93. The molecule has 0 radical (unpaired) electrons. The summed E-state index contributed by atoms with van der Waals surface area (Å²) in [6, 6.07) is 24.8. The molecule has 0 spiro atoms. The molecule has 0 aliphatic heterocycles. The minimum Gasteiger partial charge on any atom is -0.479 e. The molecule has 2 atom stereocenters. The quantitative estimate of drug-likeness (QED) is 0.0104. The largest absolute Gasteiger partial charge is 0.479 e. The average Bonchev–Trinajstić information content (AvgIpc) is 4.06. The Morgan fingerprint density at radius 2 is 1.01 bits per heavy atom. The van der Waals surface area contributed by atoms with Crippen LogP contribution in [0.2, 0.25) is 20.1 Å². The summed E-state index contributed by atoms with van der Waals surface area (Å²) in [6.45, 7) is 4.49. The van der Waals surface area contributed by atoms with E-state index in [0.29, 0.717) is 42.0 Å². The van der Waals surface area contributed by atoms with E-state index >= 15 is 0 Å². The lowest BCUT2D eigenvalue weighted by atomic mass is 10.0. The first-order valence-corrected chi connectivity index (χ1v) is 26.2. The molecule has 21 nitrogen and oxygen atoms in total. The van der Waals surface area contributed by atoms with Crippen LogP contribution in [0.1, 0.15) is 110 Å². The first kappa shape index (κ1) is 63.1. The Balaban J connectivity index is 0.000000295. The lowest BCUT2D eigenvalue weighted by molar-refractivity contribution is -0.155. The van der Waals surface area contributed by atoms with Crippen LogP contribution >= 0.6 is 46.4 Å². The molecular formula is C52H64Cl4N10O11. The van der Waals surface area contributed by atoms with Gasteiger partial charge in [0.1, 0.15) is 0 Å². The topological polar surface area (TPSA) is 291 Å². The molecule has 0 unspecified atom stereocenters. The summed E-state index contributed by atoms with van der Waals surface area (Å²) in [5.74, 6) is -3.62. The van der Waals surface area contributed by atoms with E-state index in [1.807, 2.05) is 24.3 Å². The number of amides is 2. The van der Waals surface area contributed by atoms with Crippen molar-refractivity contribution in [2.45, 2.75) is 103 Å². The number of hydrogen-bond donors (Lipinski definition) is 8. The fourth-order valence-electron chi connectivity index (χ4n) is 7.14. The van der Waals surface area contributed by atoms with Crippen molar-refractivity contribution in [1.29, 1.82) is 0 Å². The van der Waals surface area contributed by atoms with Gasteiger partial charge in [-0.3, -0.25) is 20.4 Å². The van der Waals surface area contributed by atoms with E-state index in [4.69, 9.17) is 66.6 Å². The Morgan fingerprint density at radius 3 is 1.40 bits per heavy atom. The SMILES string of the molecule is CCCCCCCO.CCCCCCCOC(=O)[C@H](O)CN(Cc1ccc(-c2cc(Cl)ccc2Cl)cc1)NC(=O)c1cn(O)nn1.O=C(NN(Cc1ccc(-c2cc(Cl)ccc2Cl)cc1)C[C@@H](O)C(=O)O)c1cn(O)nn1. The smallest absolute Gasteiger partial charge is 0.336 e. The molecule has 4 aromatic carbocycles. The number of aliphatic carboxylic acids is 1. The van der Waals surface area contributed by atoms with Crippen LogP contribution in [0.5, 0.6) is 0 Å². The number of hydrazine groups is 2. The number of carbonyl (C=O) groups is 4. The average molecular weight is 1150 g/mol. The third-order valence-electron chi connectivity index (χ3n) is 11.2. The van der Waals surface area contributed by atoms with Crippen molar-refractivity contribution in [1.82, 2.24) is 51.2 Å². The molecular weight excluding hydrogens is 1080 g/mol. The van der Waals surface area contributed by atoms with E-state index in [1.165, 1.54) is 35.7 Å². The Kier molecular flexibility index (Phi) is 27.6. The van der Waals surface area contributed by atoms with Gasteiger partial charge in [-0.1, -0.05) is 170 Å². The van der Waals surface area contributed by atoms with Crippen molar-refractivity contribution in [2.75, 3.05) is 26.3 Å². The number of carboxylic acids is 1. The number of hydrogen-bond acceptors (Lipinski definition) is 16. The summed E-state index contributed by atoms with van der Waals surface area (Å²) < 4.78 is 5.20. The molecule has 0 saturated carbocycles. The molecule has 77 heavy (non-hydrogen) atoms. The Labute approximate surface area is 465 Å².